The number of aliphatic carboxylic acids is 1. The van der Waals surface area contributed by atoms with Gasteiger partial charge in [0, 0.05) is 18.0 Å². The molecule has 88 valence electrons. The van der Waals surface area contributed by atoms with E-state index in [0.29, 0.717) is 11.3 Å². The highest BCUT2D eigenvalue weighted by molar-refractivity contribution is 5.85. The van der Waals surface area contributed by atoms with Crippen molar-refractivity contribution in [2.24, 2.45) is 0 Å². The minimum atomic E-state index is -1.02. The summed E-state index contributed by atoms with van der Waals surface area (Å²) in [6, 6.07) is 10.4. The molecule has 5 nitrogen and oxygen atoms in total. The van der Waals surface area contributed by atoms with Gasteiger partial charge in [0.15, 0.2) is 0 Å². The molecule has 1 aromatic carbocycles. The molecule has 0 spiro atoms. The predicted octanol–water partition coefficient (Wildman–Crippen LogP) is 2.13. The molecule has 0 saturated heterocycles. The molecular weight excluding hydrogens is 230 g/mol. The lowest BCUT2D eigenvalue weighted by atomic mass is 10.2. The molecule has 0 saturated carbocycles. The number of carbonyl (C=O) groups is 1. The van der Waals surface area contributed by atoms with Gasteiger partial charge in [0.1, 0.15) is 17.7 Å². The average Bonchev–Trinajstić information content (AvgIpc) is 2.38. The Morgan fingerprint density at radius 2 is 2.06 bits per heavy atom. The van der Waals surface area contributed by atoms with E-state index in [2.05, 4.69) is 5.32 Å². The lowest BCUT2D eigenvalue weighted by Crippen LogP contribution is -1.90. The quantitative estimate of drug-likeness (QED) is 0.619. The monoisotopic (exact) mass is 239 g/mol. The normalized spacial score (nSPS) is 9.22. The van der Waals surface area contributed by atoms with Gasteiger partial charge in [-0.2, -0.15) is 10.5 Å². The first-order valence-corrected chi connectivity index (χ1v) is 4.93. The van der Waals surface area contributed by atoms with Crippen LogP contribution in [0, 0.1) is 22.7 Å². The molecule has 2 N–H and O–H groups in total. The summed E-state index contributed by atoms with van der Waals surface area (Å²) < 4.78 is 0. The fraction of sp³-hybridized carbons (Fsp3) is 0. The van der Waals surface area contributed by atoms with E-state index in [1.807, 2.05) is 0 Å². The van der Waals surface area contributed by atoms with Gasteiger partial charge in [0.25, 0.3) is 0 Å². The van der Waals surface area contributed by atoms with Crippen molar-refractivity contribution in [2.75, 3.05) is 5.32 Å². The number of nitrogens with zero attached hydrogens (tertiary/aromatic N) is 2. The Labute approximate surface area is 104 Å². The summed E-state index contributed by atoms with van der Waals surface area (Å²) >= 11 is 0. The lowest BCUT2D eigenvalue weighted by molar-refractivity contribution is -0.131. The number of nitrogens with one attached hydrogen (secondary N) is 1. The van der Waals surface area contributed by atoms with Gasteiger partial charge < -0.3 is 10.4 Å². The molecule has 1 rings (SSSR count). The Bertz CT molecular complexity index is 573. The number of benzene rings is 1. The zero-order valence-corrected chi connectivity index (χ0v) is 9.29. The van der Waals surface area contributed by atoms with Gasteiger partial charge in [-0.1, -0.05) is 12.1 Å². The number of hydrogen-bond donors (Lipinski definition) is 2. The smallest absolute Gasteiger partial charge is 0.328 e. The number of nitriles is 2. The Morgan fingerprint density at radius 3 is 2.67 bits per heavy atom. The molecule has 1 aromatic rings. The van der Waals surface area contributed by atoms with E-state index in [1.165, 1.54) is 12.3 Å². The Kier molecular flexibility index (Phi) is 4.71. The van der Waals surface area contributed by atoms with Crippen LogP contribution in [0.3, 0.4) is 0 Å². The van der Waals surface area contributed by atoms with Crippen LogP contribution in [0.2, 0.25) is 0 Å². The Hall–Kier alpha value is -3.05. The largest absolute Gasteiger partial charge is 0.478 e. The molecular formula is C13H9N3O2. The van der Waals surface area contributed by atoms with Gasteiger partial charge in [0.05, 0.1) is 0 Å². The number of anilines is 1. The number of carboxylic acid groups (broad SMARTS) is 1. The van der Waals surface area contributed by atoms with Gasteiger partial charge in [0.2, 0.25) is 0 Å². The van der Waals surface area contributed by atoms with E-state index in [-0.39, 0.29) is 5.57 Å². The minimum Gasteiger partial charge on any atom is -0.478 e. The van der Waals surface area contributed by atoms with E-state index >= 15 is 0 Å². The fourth-order valence-corrected chi connectivity index (χ4v) is 1.14. The van der Waals surface area contributed by atoms with E-state index in [9.17, 15) is 4.79 Å². The van der Waals surface area contributed by atoms with Crippen LogP contribution in [0.4, 0.5) is 5.69 Å². The SMILES string of the molecule is N#CC(C#N)=CNc1cccc(C=CC(=O)O)c1. The molecule has 18 heavy (non-hydrogen) atoms. The molecule has 0 radical (unpaired) electrons. The van der Waals surface area contributed by atoms with Crippen LogP contribution in [0.1, 0.15) is 5.56 Å². The standard InChI is InChI=1S/C13H9N3O2/c14-7-11(8-15)9-16-12-3-1-2-10(6-12)4-5-13(17)18/h1-6,9,16H,(H,17,18). The highest BCUT2D eigenvalue weighted by Gasteiger charge is 1.94. The Morgan fingerprint density at radius 1 is 1.33 bits per heavy atom. The third kappa shape index (κ3) is 4.21. The summed E-state index contributed by atoms with van der Waals surface area (Å²) in [7, 11) is 0. The number of hydrogen-bond acceptors (Lipinski definition) is 4. The van der Waals surface area contributed by atoms with Crippen molar-refractivity contribution >= 4 is 17.7 Å². The van der Waals surface area contributed by atoms with Gasteiger partial charge in [-0.05, 0) is 23.8 Å². The molecule has 0 aliphatic heterocycles. The first-order chi connectivity index (χ1) is 8.65. The number of allylic oxidation sites excluding steroid dienone is 1. The van der Waals surface area contributed by atoms with Crippen LogP contribution < -0.4 is 5.32 Å². The van der Waals surface area contributed by atoms with Crippen LogP contribution in [0.15, 0.2) is 42.1 Å². The maximum absolute atomic E-state index is 10.4. The van der Waals surface area contributed by atoms with Crippen LogP contribution in [0.5, 0.6) is 0 Å². The van der Waals surface area contributed by atoms with Gasteiger partial charge in [-0.25, -0.2) is 4.79 Å². The minimum absolute atomic E-state index is 0.0403. The number of rotatable bonds is 4. The molecule has 5 heteroatoms. The van der Waals surface area contributed by atoms with Gasteiger partial charge in [-0.15, -0.1) is 0 Å². The third-order valence-corrected chi connectivity index (χ3v) is 1.93. The van der Waals surface area contributed by atoms with Gasteiger partial charge >= 0.3 is 5.97 Å². The summed E-state index contributed by atoms with van der Waals surface area (Å²) in [5.41, 5.74) is 1.32. The third-order valence-electron chi connectivity index (χ3n) is 1.93. The van der Waals surface area contributed by atoms with E-state index in [0.717, 1.165) is 6.08 Å². The molecule has 0 heterocycles. The molecule has 0 bridgehead atoms. The van der Waals surface area contributed by atoms with Crippen molar-refractivity contribution in [1.29, 1.82) is 10.5 Å². The molecule has 0 amide bonds. The van der Waals surface area contributed by atoms with Crippen molar-refractivity contribution in [3.63, 3.8) is 0 Å². The maximum atomic E-state index is 10.4. The summed E-state index contributed by atoms with van der Waals surface area (Å²) in [4.78, 5) is 10.4. The molecule has 0 aliphatic rings. The predicted molar refractivity (Wildman–Crippen MR) is 66.0 cm³/mol. The zero-order chi connectivity index (χ0) is 13.4. The van der Waals surface area contributed by atoms with Crippen molar-refractivity contribution in [1.82, 2.24) is 0 Å². The van der Waals surface area contributed by atoms with Crippen molar-refractivity contribution in [3.8, 4) is 12.1 Å². The second-order valence-corrected chi connectivity index (χ2v) is 3.22. The van der Waals surface area contributed by atoms with Crippen LogP contribution in [0.25, 0.3) is 6.08 Å². The van der Waals surface area contributed by atoms with Crippen LogP contribution in [-0.4, -0.2) is 11.1 Å². The molecule has 0 unspecified atom stereocenters. The fourth-order valence-electron chi connectivity index (χ4n) is 1.14. The van der Waals surface area contributed by atoms with Crippen LogP contribution in [-0.2, 0) is 4.79 Å². The van der Waals surface area contributed by atoms with Gasteiger partial charge in [-0.3, -0.25) is 0 Å². The van der Waals surface area contributed by atoms with Crippen molar-refractivity contribution in [2.45, 2.75) is 0 Å². The summed E-state index contributed by atoms with van der Waals surface area (Å²) in [5.74, 6) is -1.02. The molecule has 0 aliphatic carbocycles. The first kappa shape index (κ1) is 13.0. The zero-order valence-electron chi connectivity index (χ0n) is 9.29. The van der Waals surface area contributed by atoms with E-state index in [4.69, 9.17) is 15.6 Å². The van der Waals surface area contributed by atoms with Crippen molar-refractivity contribution < 1.29 is 9.90 Å². The molecule has 0 fully saturated rings. The summed E-state index contributed by atoms with van der Waals surface area (Å²) in [6.45, 7) is 0. The summed E-state index contributed by atoms with van der Waals surface area (Å²) in [6.07, 6.45) is 3.78. The summed E-state index contributed by atoms with van der Waals surface area (Å²) in [5, 5.41) is 28.4. The second-order valence-electron chi connectivity index (χ2n) is 3.22. The van der Waals surface area contributed by atoms with E-state index in [1.54, 1.807) is 36.4 Å². The first-order valence-electron chi connectivity index (χ1n) is 4.93. The average molecular weight is 239 g/mol. The maximum Gasteiger partial charge on any atom is 0.328 e. The lowest BCUT2D eigenvalue weighted by Gasteiger charge is -2.01. The number of carboxylic acids is 1. The highest BCUT2D eigenvalue weighted by atomic mass is 16.4. The molecule has 0 atom stereocenters. The van der Waals surface area contributed by atoms with E-state index < -0.39 is 5.97 Å². The van der Waals surface area contributed by atoms with Crippen LogP contribution >= 0.6 is 0 Å². The topological polar surface area (TPSA) is 96.9 Å². The second kappa shape index (κ2) is 6.51. The molecule has 0 aromatic heterocycles. The highest BCUT2D eigenvalue weighted by Crippen LogP contribution is 2.12. The Balaban J connectivity index is 2.84. The van der Waals surface area contributed by atoms with Crippen molar-refractivity contribution in [3.05, 3.63) is 47.7 Å².